The van der Waals surface area contributed by atoms with Crippen LogP contribution in [-0.2, 0) is 4.74 Å². The minimum Gasteiger partial charge on any atom is -0.356 e. The number of aromatic nitrogens is 3. The third kappa shape index (κ3) is 3.31. The van der Waals surface area contributed by atoms with Gasteiger partial charge in [0.25, 0.3) is 5.91 Å². The van der Waals surface area contributed by atoms with Gasteiger partial charge in [-0.15, -0.1) is 11.3 Å². The van der Waals surface area contributed by atoms with Gasteiger partial charge in [0.15, 0.2) is 10.1 Å². The molecular formula is C16H14BrClN4O2S. The van der Waals surface area contributed by atoms with Gasteiger partial charge in [0, 0.05) is 12.0 Å². The van der Waals surface area contributed by atoms with E-state index in [0.717, 1.165) is 36.8 Å². The molecule has 6 nitrogen and oxygen atoms in total. The molecule has 25 heavy (non-hydrogen) atoms. The van der Waals surface area contributed by atoms with E-state index in [1.54, 1.807) is 12.3 Å². The van der Waals surface area contributed by atoms with Crippen molar-refractivity contribution < 1.29 is 9.53 Å². The van der Waals surface area contributed by atoms with Crippen LogP contribution in [0.1, 0.15) is 35.2 Å². The van der Waals surface area contributed by atoms with Gasteiger partial charge in [-0.2, -0.15) is 5.10 Å². The number of ether oxygens (including phenoxy) is 1. The summed E-state index contributed by atoms with van der Waals surface area (Å²) in [6.07, 6.45) is 6.29. The van der Waals surface area contributed by atoms with Crippen LogP contribution in [0.4, 0.5) is 5.69 Å². The summed E-state index contributed by atoms with van der Waals surface area (Å²) >= 11 is 10.9. The molecule has 1 aliphatic heterocycles. The van der Waals surface area contributed by atoms with E-state index in [-0.39, 0.29) is 12.1 Å². The minimum atomic E-state index is -0.251. The minimum absolute atomic E-state index is 0.0755. The lowest BCUT2D eigenvalue weighted by Gasteiger charge is -2.23. The van der Waals surface area contributed by atoms with Crippen LogP contribution < -0.4 is 5.32 Å². The van der Waals surface area contributed by atoms with Crippen LogP contribution in [0.5, 0.6) is 0 Å². The van der Waals surface area contributed by atoms with E-state index in [2.05, 4.69) is 31.3 Å². The molecule has 1 fully saturated rings. The molecule has 2 aromatic heterocycles. The zero-order valence-corrected chi connectivity index (χ0v) is 16.2. The molecule has 0 bridgehead atoms. The highest BCUT2D eigenvalue weighted by Crippen LogP contribution is 2.34. The van der Waals surface area contributed by atoms with Crippen molar-refractivity contribution in [2.45, 2.75) is 25.5 Å². The summed E-state index contributed by atoms with van der Waals surface area (Å²) in [5.74, 6) is -0.251. The Morgan fingerprint density at radius 1 is 1.40 bits per heavy atom. The van der Waals surface area contributed by atoms with Crippen LogP contribution in [-0.4, -0.2) is 27.3 Å². The van der Waals surface area contributed by atoms with Crippen molar-refractivity contribution in [2.24, 2.45) is 0 Å². The number of nitrogens with zero attached hydrogens (tertiary/aromatic N) is 3. The molecule has 4 rings (SSSR count). The molecule has 1 unspecified atom stereocenters. The number of fused-ring (bicyclic) bond motifs is 1. The summed E-state index contributed by atoms with van der Waals surface area (Å²) in [5, 5.41) is 8.61. The van der Waals surface area contributed by atoms with E-state index in [0.29, 0.717) is 19.5 Å². The number of hydrogen-bond donors (Lipinski definition) is 1. The summed E-state index contributed by atoms with van der Waals surface area (Å²) in [6, 6.07) is 3.67. The number of carbonyl (C=O) groups is 1. The van der Waals surface area contributed by atoms with E-state index in [1.807, 2.05) is 10.7 Å². The van der Waals surface area contributed by atoms with Crippen molar-refractivity contribution in [2.75, 3.05) is 11.9 Å². The SMILES string of the molecule is O=C(Nc1c(Cl)ccc2c1cnn2C1CCCCO1)c1cnc(Br)s1. The molecule has 0 radical (unpaired) electrons. The molecule has 130 valence electrons. The molecule has 1 N–H and O–H groups in total. The maximum absolute atomic E-state index is 12.5. The topological polar surface area (TPSA) is 69.0 Å². The Morgan fingerprint density at radius 2 is 2.28 bits per heavy atom. The van der Waals surface area contributed by atoms with Crippen LogP contribution in [0.3, 0.4) is 0 Å². The van der Waals surface area contributed by atoms with Gasteiger partial charge < -0.3 is 10.1 Å². The smallest absolute Gasteiger partial charge is 0.267 e. The first kappa shape index (κ1) is 17.0. The third-order valence-corrected chi connectivity index (χ3v) is 5.89. The molecule has 1 aliphatic rings. The average molecular weight is 442 g/mol. The number of thiazole rings is 1. The molecule has 3 aromatic rings. The van der Waals surface area contributed by atoms with Gasteiger partial charge in [0.1, 0.15) is 4.88 Å². The Bertz CT molecular complexity index is 936. The molecule has 1 amide bonds. The fraction of sp³-hybridized carbons (Fsp3) is 0.312. The molecule has 1 atom stereocenters. The molecular weight excluding hydrogens is 428 g/mol. The van der Waals surface area contributed by atoms with Gasteiger partial charge >= 0.3 is 0 Å². The highest BCUT2D eigenvalue weighted by molar-refractivity contribution is 9.11. The highest BCUT2D eigenvalue weighted by Gasteiger charge is 2.21. The number of carbonyl (C=O) groups excluding carboxylic acids is 1. The second-order valence-corrected chi connectivity index (χ2v) is 8.41. The lowest BCUT2D eigenvalue weighted by Crippen LogP contribution is -2.19. The quantitative estimate of drug-likeness (QED) is 0.630. The van der Waals surface area contributed by atoms with Crippen LogP contribution >= 0.6 is 38.9 Å². The second kappa shape index (κ2) is 7.03. The van der Waals surface area contributed by atoms with Crippen molar-refractivity contribution in [3.05, 3.63) is 38.3 Å². The predicted molar refractivity (Wildman–Crippen MR) is 101 cm³/mol. The molecule has 0 saturated carbocycles. The summed E-state index contributed by atoms with van der Waals surface area (Å²) in [7, 11) is 0. The predicted octanol–water partition coefficient (Wildman–Crippen LogP) is 4.86. The van der Waals surface area contributed by atoms with Crippen molar-refractivity contribution >= 4 is 61.4 Å². The zero-order chi connectivity index (χ0) is 17.4. The monoisotopic (exact) mass is 440 g/mol. The molecule has 0 spiro atoms. The summed E-state index contributed by atoms with van der Waals surface area (Å²) in [6.45, 7) is 0.740. The normalized spacial score (nSPS) is 17.8. The number of nitrogens with one attached hydrogen (secondary N) is 1. The number of anilines is 1. The van der Waals surface area contributed by atoms with E-state index in [9.17, 15) is 4.79 Å². The second-order valence-electron chi connectivity index (χ2n) is 5.70. The van der Waals surface area contributed by atoms with Crippen molar-refractivity contribution in [1.82, 2.24) is 14.8 Å². The Morgan fingerprint density at radius 3 is 3.00 bits per heavy atom. The van der Waals surface area contributed by atoms with E-state index >= 15 is 0 Å². The Kier molecular flexibility index (Phi) is 4.77. The lowest BCUT2D eigenvalue weighted by atomic mass is 10.1. The molecule has 3 heterocycles. The Labute approximate surface area is 161 Å². The van der Waals surface area contributed by atoms with Gasteiger partial charge in [-0.1, -0.05) is 11.6 Å². The number of benzene rings is 1. The number of rotatable bonds is 3. The van der Waals surface area contributed by atoms with Crippen LogP contribution in [0.15, 0.2) is 28.4 Å². The van der Waals surface area contributed by atoms with Gasteiger partial charge in [0.05, 0.1) is 28.6 Å². The van der Waals surface area contributed by atoms with Crippen molar-refractivity contribution in [1.29, 1.82) is 0 Å². The lowest BCUT2D eigenvalue weighted by molar-refractivity contribution is -0.0366. The maximum atomic E-state index is 12.5. The van der Waals surface area contributed by atoms with Crippen molar-refractivity contribution in [3.63, 3.8) is 0 Å². The number of amides is 1. The van der Waals surface area contributed by atoms with Crippen LogP contribution in [0.25, 0.3) is 10.9 Å². The Balaban J connectivity index is 1.69. The maximum Gasteiger partial charge on any atom is 0.267 e. The van der Waals surface area contributed by atoms with E-state index in [4.69, 9.17) is 16.3 Å². The summed E-state index contributed by atoms with van der Waals surface area (Å²) < 4.78 is 8.34. The van der Waals surface area contributed by atoms with E-state index < -0.39 is 0 Å². The Hall–Kier alpha value is -1.48. The zero-order valence-electron chi connectivity index (χ0n) is 13.0. The molecule has 0 aliphatic carbocycles. The number of hydrogen-bond acceptors (Lipinski definition) is 5. The summed E-state index contributed by atoms with van der Waals surface area (Å²) in [4.78, 5) is 17.0. The van der Waals surface area contributed by atoms with Gasteiger partial charge in [-0.3, -0.25) is 4.79 Å². The highest BCUT2D eigenvalue weighted by atomic mass is 79.9. The average Bonchev–Trinajstić information content (AvgIpc) is 3.24. The van der Waals surface area contributed by atoms with Gasteiger partial charge in [0.2, 0.25) is 0 Å². The van der Waals surface area contributed by atoms with Gasteiger partial charge in [-0.05, 0) is 47.3 Å². The fourth-order valence-corrected chi connectivity index (χ4v) is 4.27. The fourth-order valence-electron chi connectivity index (χ4n) is 2.90. The first-order valence-electron chi connectivity index (χ1n) is 7.83. The van der Waals surface area contributed by atoms with E-state index in [1.165, 1.54) is 17.5 Å². The first-order chi connectivity index (χ1) is 12.1. The van der Waals surface area contributed by atoms with Crippen molar-refractivity contribution in [3.8, 4) is 0 Å². The molecule has 1 aromatic carbocycles. The third-order valence-electron chi connectivity index (χ3n) is 4.10. The van der Waals surface area contributed by atoms with Crippen LogP contribution in [0.2, 0.25) is 5.02 Å². The largest absolute Gasteiger partial charge is 0.356 e. The standard InChI is InChI=1S/C16H14BrClN4O2S/c17-16-19-8-12(25-16)15(23)21-14-9-7-20-22(11(9)5-4-10(14)18)13-3-1-2-6-24-13/h4-5,7-8,13H,1-3,6H2,(H,21,23). The molecule has 1 saturated heterocycles. The first-order valence-corrected chi connectivity index (χ1v) is 9.82. The summed E-state index contributed by atoms with van der Waals surface area (Å²) in [5.41, 5.74) is 1.44. The van der Waals surface area contributed by atoms with Crippen LogP contribution in [0, 0.1) is 0 Å². The molecule has 9 heteroatoms. The van der Waals surface area contributed by atoms with Gasteiger partial charge in [-0.25, -0.2) is 9.67 Å². The number of halogens is 2.